The number of carbonyl (C=O) groups is 1. The van der Waals surface area contributed by atoms with Gasteiger partial charge in [-0.15, -0.1) is 0 Å². The van der Waals surface area contributed by atoms with Crippen molar-refractivity contribution in [3.63, 3.8) is 0 Å². The van der Waals surface area contributed by atoms with Gasteiger partial charge < -0.3 is 10.1 Å². The van der Waals surface area contributed by atoms with Crippen molar-refractivity contribution in [1.82, 2.24) is 4.98 Å². The number of carboxylic acids is 1. The fraction of sp³-hybridized carbons (Fsp3) is 0.0625. The molecule has 0 bridgehead atoms. The van der Waals surface area contributed by atoms with Crippen LogP contribution in [0.5, 0.6) is 0 Å². The lowest BCUT2D eigenvalue weighted by molar-refractivity contribution is 0.0688. The molecule has 23 heavy (non-hydrogen) atoms. The zero-order chi connectivity index (χ0) is 16.7. The lowest BCUT2D eigenvalue weighted by Crippen LogP contribution is -1.98. The van der Waals surface area contributed by atoms with E-state index < -0.39 is 5.97 Å². The van der Waals surface area contributed by atoms with E-state index in [-0.39, 0.29) is 5.69 Å². The maximum absolute atomic E-state index is 11.6. The van der Waals surface area contributed by atoms with E-state index in [4.69, 9.17) is 34.8 Å². The molecule has 0 aliphatic carbocycles. The molecule has 1 aromatic heterocycles. The van der Waals surface area contributed by atoms with Crippen LogP contribution in [0.4, 0.5) is 0 Å². The largest absolute Gasteiger partial charge is 0.477 e. The first-order valence-electron chi connectivity index (χ1n) is 6.55. The number of H-pyrrole nitrogens is 1. The number of aryl methyl sites for hydroxylation is 1. The van der Waals surface area contributed by atoms with Gasteiger partial charge in [0.1, 0.15) is 5.69 Å². The van der Waals surface area contributed by atoms with Gasteiger partial charge >= 0.3 is 5.97 Å². The smallest absolute Gasteiger partial charge is 0.353 e. The van der Waals surface area contributed by atoms with Gasteiger partial charge in [-0.05, 0) is 24.6 Å². The average Bonchev–Trinajstić information content (AvgIpc) is 2.85. The molecule has 3 rings (SSSR count). The zero-order valence-corrected chi connectivity index (χ0v) is 14.9. The molecule has 0 saturated heterocycles. The minimum absolute atomic E-state index is 0.126. The standard InChI is InChI=1S/C16H10Cl3NO2S/c1-7-3-2-4-8-13(7)20-14(16(21)22)15(8)23-12-6-10(18)9(17)5-11(12)19/h2-6,20H,1H3,(H,21,22). The predicted molar refractivity (Wildman–Crippen MR) is 95.6 cm³/mol. The van der Waals surface area contributed by atoms with Crippen LogP contribution in [0, 0.1) is 6.92 Å². The highest BCUT2D eigenvalue weighted by Crippen LogP contribution is 2.42. The number of aromatic carboxylic acids is 1. The molecular formula is C16H10Cl3NO2S. The Balaban J connectivity index is 2.20. The van der Waals surface area contributed by atoms with Gasteiger partial charge in [0, 0.05) is 10.3 Å². The Bertz CT molecular complexity index is 937. The summed E-state index contributed by atoms with van der Waals surface area (Å²) in [4.78, 5) is 15.8. The summed E-state index contributed by atoms with van der Waals surface area (Å²) in [6, 6.07) is 8.87. The minimum Gasteiger partial charge on any atom is -0.477 e. The van der Waals surface area contributed by atoms with E-state index in [9.17, 15) is 9.90 Å². The number of benzene rings is 2. The number of rotatable bonds is 3. The van der Waals surface area contributed by atoms with Gasteiger partial charge in [0.2, 0.25) is 0 Å². The molecule has 0 spiro atoms. The van der Waals surface area contributed by atoms with E-state index in [1.807, 2.05) is 25.1 Å². The Kier molecular flexibility index (Phi) is 4.52. The summed E-state index contributed by atoms with van der Waals surface area (Å²) in [5, 5.41) is 11.4. The average molecular weight is 387 g/mol. The third kappa shape index (κ3) is 3.04. The molecule has 3 nitrogen and oxygen atoms in total. The maximum atomic E-state index is 11.6. The summed E-state index contributed by atoms with van der Waals surface area (Å²) in [5.41, 5.74) is 1.89. The monoisotopic (exact) mass is 385 g/mol. The van der Waals surface area contributed by atoms with Crippen molar-refractivity contribution >= 4 is 63.4 Å². The van der Waals surface area contributed by atoms with Crippen molar-refractivity contribution in [2.75, 3.05) is 0 Å². The summed E-state index contributed by atoms with van der Waals surface area (Å²) in [5.74, 6) is -1.03. The molecule has 0 aliphatic rings. The van der Waals surface area contributed by atoms with Crippen LogP contribution in [0.25, 0.3) is 10.9 Å². The zero-order valence-electron chi connectivity index (χ0n) is 11.8. The molecule has 0 radical (unpaired) electrons. The van der Waals surface area contributed by atoms with Gasteiger partial charge in [-0.3, -0.25) is 0 Å². The minimum atomic E-state index is -1.03. The maximum Gasteiger partial charge on any atom is 0.353 e. The first-order valence-corrected chi connectivity index (χ1v) is 8.50. The molecule has 0 saturated carbocycles. The van der Waals surface area contributed by atoms with Gasteiger partial charge in [0.25, 0.3) is 0 Å². The molecular weight excluding hydrogens is 377 g/mol. The van der Waals surface area contributed by atoms with Gasteiger partial charge in [0.15, 0.2) is 0 Å². The van der Waals surface area contributed by atoms with Crippen molar-refractivity contribution in [3.8, 4) is 0 Å². The Morgan fingerprint density at radius 1 is 1.13 bits per heavy atom. The van der Waals surface area contributed by atoms with Crippen LogP contribution >= 0.6 is 46.6 Å². The van der Waals surface area contributed by atoms with Crippen molar-refractivity contribution < 1.29 is 9.90 Å². The molecule has 0 unspecified atom stereocenters. The molecule has 3 aromatic rings. The number of aromatic amines is 1. The fourth-order valence-corrected chi connectivity index (χ4v) is 4.09. The molecule has 0 aliphatic heterocycles. The second-order valence-corrected chi connectivity index (χ2v) is 7.20. The highest BCUT2D eigenvalue weighted by atomic mass is 35.5. The Hall–Kier alpha value is -1.33. The van der Waals surface area contributed by atoms with E-state index in [2.05, 4.69) is 4.98 Å². The molecule has 118 valence electrons. The number of nitrogens with one attached hydrogen (secondary N) is 1. The number of carboxylic acid groups (broad SMARTS) is 1. The van der Waals surface area contributed by atoms with E-state index >= 15 is 0 Å². The van der Waals surface area contributed by atoms with E-state index in [1.54, 1.807) is 12.1 Å². The number of hydrogen-bond donors (Lipinski definition) is 2. The van der Waals surface area contributed by atoms with Crippen LogP contribution in [0.3, 0.4) is 0 Å². The van der Waals surface area contributed by atoms with Gasteiger partial charge in [-0.2, -0.15) is 0 Å². The van der Waals surface area contributed by atoms with E-state index in [1.165, 1.54) is 11.8 Å². The molecule has 0 amide bonds. The second kappa shape index (κ2) is 6.29. The van der Waals surface area contributed by atoms with Crippen LogP contribution in [-0.2, 0) is 0 Å². The lowest BCUT2D eigenvalue weighted by atomic mass is 10.2. The first-order chi connectivity index (χ1) is 10.9. The van der Waals surface area contributed by atoms with Crippen LogP contribution in [0.15, 0.2) is 40.1 Å². The predicted octanol–water partition coefficient (Wildman–Crippen LogP) is 6.29. The third-order valence-corrected chi connectivity index (χ3v) is 5.73. The molecule has 2 N–H and O–H groups in total. The molecule has 1 heterocycles. The molecule has 0 atom stereocenters. The highest BCUT2D eigenvalue weighted by molar-refractivity contribution is 7.99. The van der Waals surface area contributed by atoms with Crippen LogP contribution < -0.4 is 0 Å². The molecule has 2 aromatic carbocycles. The fourth-order valence-electron chi connectivity index (χ4n) is 2.29. The van der Waals surface area contributed by atoms with Gasteiger partial charge in [-0.1, -0.05) is 64.8 Å². The summed E-state index contributed by atoms with van der Waals surface area (Å²) in [6.07, 6.45) is 0. The summed E-state index contributed by atoms with van der Waals surface area (Å²) >= 11 is 19.4. The first kappa shape index (κ1) is 16.5. The van der Waals surface area contributed by atoms with Crippen molar-refractivity contribution in [2.24, 2.45) is 0 Å². The van der Waals surface area contributed by atoms with Gasteiger partial charge in [0.05, 0.1) is 25.5 Å². The summed E-state index contributed by atoms with van der Waals surface area (Å²) in [6.45, 7) is 1.92. The van der Waals surface area contributed by atoms with E-state index in [0.29, 0.717) is 24.9 Å². The van der Waals surface area contributed by atoms with E-state index in [0.717, 1.165) is 16.5 Å². The second-order valence-electron chi connectivity index (χ2n) is 4.93. The molecule has 7 heteroatoms. The molecule has 0 fully saturated rings. The number of aromatic nitrogens is 1. The topological polar surface area (TPSA) is 53.1 Å². The van der Waals surface area contributed by atoms with Crippen molar-refractivity contribution in [1.29, 1.82) is 0 Å². The third-order valence-electron chi connectivity index (χ3n) is 3.40. The SMILES string of the molecule is Cc1cccc2c(Sc3cc(Cl)c(Cl)cc3Cl)c(C(=O)O)[nH]c12. The van der Waals surface area contributed by atoms with Crippen LogP contribution in [0.2, 0.25) is 15.1 Å². The van der Waals surface area contributed by atoms with Crippen molar-refractivity contribution in [2.45, 2.75) is 16.7 Å². The van der Waals surface area contributed by atoms with Gasteiger partial charge in [-0.25, -0.2) is 4.79 Å². The quantitative estimate of drug-likeness (QED) is 0.520. The normalized spacial score (nSPS) is 11.1. The van der Waals surface area contributed by atoms with Crippen LogP contribution in [-0.4, -0.2) is 16.1 Å². The number of fused-ring (bicyclic) bond motifs is 1. The summed E-state index contributed by atoms with van der Waals surface area (Å²) < 4.78 is 0. The Labute approximate surface area is 151 Å². The van der Waals surface area contributed by atoms with Crippen LogP contribution in [0.1, 0.15) is 16.1 Å². The Morgan fingerprint density at radius 3 is 2.52 bits per heavy atom. The lowest BCUT2D eigenvalue weighted by Gasteiger charge is -2.07. The Morgan fingerprint density at radius 2 is 1.83 bits per heavy atom. The highest BCUT2D eigenvalue weighted by Gasteiger charge is 2.20. The number of halogens is 3. The summed E-state index contributed by atoms with van der Waals surface area (Å²) in [7, 11) is 0. The number of hydrogen-bond acceptors (Lipinski definition) is 2. The number of para-hydroxylation sites is 1. The van der Waals surface area contributed by atoms with Crippen molar-refractivity contribution in [3.05, 3.63) is 56.7 Å².